The molecule has 1 amide bonds. The van der Waals surface area contributed by atoms with E-state index in [1.54, 1.807) is 11.3 Å². The van der Waals surface area contributed by atoms with Crippen molar-refractivity contribution in [1.29, 1.82) is 0 Å². The molecule has 1 aliphatic rings. The summed E-state index contributed by atoms with van der Waals surface area (Å²) in [5.74, 6) is 0.0849. The number of hydrogen-bond acceptors (Lipinski definition) is 3. The zero-order valence-corrected chi connectivity index (χ0v) is 16.0. The lowest BCUT2D eigenvalue weighted by Gasteiger charge is -2.19. The predicted molar refractivity (Wildman–Crippen MR) is 107 cm³/mol. The Labute approximate surface area is 157 Å². The molecule has 0 bridgehead atoms. The lowest BCUT2D eigenvalue weighted by Crippen LogP contribution is -3.11. The van der Waals surface area contributed by atoms with Crippen LogP contribution in [0, 0.1) is 13.8 Å². The number of thiazole rings is 1. The zero-order chi connectivity index (χ0) is 18.1. The molecular formula is C21H24N3OS+. The maximum atomic E-state index is 12.6. The maximum absolute atomic E-state index is 12.6. The van der Waals surface area contributed by atoms with Crippen LogP contribution >= 0.6 is 11.3 Å². The monoisotopic (exact) mass is 366 g/mol. The summed E-state index contributed by atoms with van der Waals surface area (Å²) in [4.78, 5) is 18.8. The number of aryl methyl sites for hydroxylation is 1. The summed E-state index contributed by atoms with van der Waals surface area (Å²) in [6, 6.07) is 14.6. The van der Waals surface area contributed by atoms with Crippen LogP contribution in [0.4, 0.5) is 5.69 Å². The van der Waals surface area contributed by atoms with Gasteiger partial charge >= 0.3 is 0 Å². The molecule has 1 aliphatic heterocycles. The number of benzene rings is 2. The normalized spacial score (nSPS) is 19.8. The number of quaternary nitrogens is 1. The van der Waals surface area contributed by atoms with Crippen LogP contribution in [0.2, 0.25) is 0 Å². The summed E-state index contributed by atoms with van der Waals surface area (Å²) in [6.45, 7) is 5.65. The molecule has 0 spiro atoms. The van der Waals surface area contributed by atoms with Crippen molar-refractivity contribution in [2.24, 2.45) is 0 Å². The molecule has 0 radical (unpaired) electrons. The first-order valence-corrected chi connectivity index (χ1v) is 9.99. The first-order chi connectivity index (χ1) is 12.6. The number of amides is 1. The average molecular weight is 367 g/mol. The molecule has 1 aromatic heterocycles. The van der Waals surface area contributed by atoms with Crippen LogP contribution in [-0.2, 0) is 4.79 Å². The summed E-state index contributed by atoms with van der Waals surface area (Å²) in [5, 5.41) is 4.26. The smallest absolute Gasteiger partial charge is 0.279 e. The lowest BCUT2D eigenvalue weighted by atomic mass is 10.1. The fourth-order valence-corrected chi connectivity index (χ4v) is 4.91. The molecule has 3 aromatic rings. The third kappa shape index (κ3) is 3.37. The van der Waals surface area contributed by atoms with E-state index in [1.165, 1.54) is 20.2 Å². The first kappa shape index (κ1) is 17.2. The Hall–Kier alpha value is -2.24. The number of rotatable bonds is 4. The molecule has 1 saturated heterocycles. The maximum Gasteiger partial charge on any atom is 0.279 e. The largest absolute Gasteiger partial charge is 0.321 e. The van der Waals surface area contributed by atoms with Gasteiger partial charge in [0.25, 0.3) is 5.91 Å². The summed E-state index contributed by atoms with van der Waals surface area (Å²) in [7, 11) is 0. The topological polar surface area (TPSA) is 46.4 Å². The van der Waals surface area contributed by atoms with E-state index in [1.807, 2.05) is 18.2 Å². The van der Waals surface area contributed by atoms with Gasteiger partial charge in [0.05, 0.1) is 16.8 Å². The Morgan fingerprint density at radius 2 is 2.08 bits per heavy atom. The molecule has 1 fully saturated rings. The van der Waals surface area contributed by atoms with Crippen LogP contribution in [0.25, 0.3) is 10.2 Å². The van der Waals surface area contributed by atoms with Crippen LogP contribution in [0.5, 0.6) is 0 Å². The quantitative estimate of drug-likeness (QED) is 0.744. The van der Waals surface area contributed by atoms with E-state index >= 15 is 0 Å². The fourth-order valence-electron chi connectivity index (χ4n) is 3.75. The molecule has 2 heterocycles. The predicted octanol–water partition coefficient (Wildman–Crippen LogP) is 3.27. The van der Waals surface area contributed by atoms with E-state index in [0.717, 1.165) is 36.2 Å². The first-order valence-electron chi connectivity index (χ1n) is 9.18. The zero-order valence-electron chi connectivity index (χ0n) is 15.2. The van der Waals surface area contributed by atoms with Crippen LogP contribution in [0.15, 0.2) is 42.5 Å². The highest BCUT2D eigenvalue weighted by Gasteiger charge is 2.34. The summed E-state index contributed by atoms with van der Waals surface area (Å²) < 4.78 is 1.23. The van der Waals surface area contributed by atoms with Crippen molar-refractivity contribution in [3.63, 3.8) is 0 Å². The van der Waals surface area contributed by atoms with Gasteiger partial charge in [0.15, 0.2) is 11.6 Å². The highest BCUT2D eigenvalue weighted by atomic mass is 32.1. The van der Waals surface area contributed by atoms with Gasteiger partial charge in [0.2, 0.25) is 0 Å². The SMILES string of the molecule is Cc1cccc(NC(=O)C[NH+]2CCC[C@H]2c2nc3ccccc3s2)c1C. The second-order valence-corrected chi connectivity index (χ2v) is 8.16. The van der Waals surface area contributed by atoms with E-state index in [9.17, 15) is 4.79 Å². The molecule has 2 aromatic carbocycles. The molecule has 2 N–H and O–H groups in total. The summed E-state index contributed by atoms with van der Waals surface area (Å²) >= 11 is 1.77. The average Bonchev–Trinajstić information content (AvgIpc) is 3.25. The minimum Gasteiger partial charge on any atom is -0.321 e. The van der Waals surface area contributed by atoms with Crippen LogP contribution in [0.3, 0.4) is 0 Å². The van der Waals surface area contributed by atoms with E-state index in [2.05, 4.69) is 43.4 Å². The van der Waals surface area contributed by atoms with Crippen LogP contribution in [-0.4, -0.2) is 24.0 Å². The number of hydrogen-bond donors (Lipinski definition) is 2. The number of likely N-dealkylation sites (tertiary alicyclic amines) is 1. The molecule has 5 heteroatoms. The number of anilines is 1. The van der Waals surface area contributed by atoms with Crippen molar-refractivity contribution >= 4 is 33.1 Å². The number of carbonyl (C=O) groups is 1. The van der Waals surface area contributed by atoms with Gasteiger partial charge in [0, 0.05) is 18.5 Å². The van der Waals surface area contributed by atoms with Gasteiger partial charge in [-0.1, -0.05) is 24.3 Å². The van der Waals surface area contributed by atoms with E-state index in [-0.39, 0.29) is 5.91 Å². The summed E-state index contributed by atoms with van der Waals surface area (Å²) in [6.07, 6.45) is 2.25. The van der Waals surface area contributed by atoms with Gasteiger partial charge in [-0.2, -0.15) is 0 Å². The fraction of sp³-hybridized carbons (Fsp3) is 0.333. The number of aromatic nitrogens is 1. The van der Waals surface area contributed by atoms with Gasteiger partial charge < -0.3 is 10.2 Å². The van der Waals surface area contributed by atoms with E-state index < -0.39 is 0 Å². The Kier molecular flexibility index (Phi) is 4.74. The van der Waals surface area contributed by atoms with Crippen molar-refractivity contribution in [2.45, 2.75) is 32.7 Å². The second kappa shape index (κ2) is 7.17. The molecule has 1 unspecified atom stereocenters. The Bertz CT molecular complexity index is 916. The molecule has 0 saturated carbocycles. The van der Waals surface area contributed by atoms with E-state index in [4.69, 9.17) is 4.98 Å². The minimum absolute atomic E-state index is 0.0849. The number of fused-ring (bicyclic) bond motifs is 1. The molecule has 0 aliphatic carbocycles. The number of nitrogens with zero attached hydrogens (tertiary/aromatic N) is 1. The van der Waals surface area contributed by atoms with Crippen molar-refractivity contribution in [1.82, 2.24) is 4.98 Å². The molecular weight excluding hydrogens is 342 g/mol. The summed E-state index contributed by atoms with van der Waals surface area (Å²) in [5.41, 5.74) is 4.33. The lowest BCUT2D eigenvalue weighted by molar-refractivity contribution is -0.910. The van der Waals surface area contributed by atoms with Crippen molar-refractivity contribution in [3.8, 4) is 0 Å². The minimum atomic E-state index is 0.0849. The molecule has 4 nitrogen and oxygen atoms in total. The Balaban J connectivity index is 1.48. The van der Waals surface area contributed by atoms with Gasteiger partial charge in [-0.15, -0.1) is 11.3 Å². The third-order valence-corrected chi connectivity index (χ3v) is 6.51. The molecule has 2 atom stereocenters. The van der Waals surface area contributed by atoms with Gasteiger partial charge in [-0.05, 0) is 43.2 Å². The molecule has 26 heavy (non-hydrogen) atoms. The van der Waals surface area contributed by atoms with E-state index in [0.29, 0.717) is 12.6 Å². The Morgan fingerprint density at radius 1 is 1.23 bits per heavy atom. The van der Waals surface area contributed by atoms with Crippen LogP contribution < -0.4 is 10.2 Å². The highest BCUT2D eigenvalue weighted by Crippen LogP contribution is 2.28. The second-order valence-electron chi connectivity index (χ2n) is 7.10. The highest BCUT2D eigenvalue weighted by molar-refractivity contribution is 7.18. The van der Waals surface area contributed by atoms with Crippen molar-refractivity contribution in [2.75, 3.05) is 18.4 Å². The molecule has 134 valence electrons. The number of carbonyl (C=O) groups excluding carboxylic acids is 1. The third-order valence-electron chi connectivity index (χ3n) is 5.36. The standard InChI is InChI=1S/C21H23N3OS/c1-14-7-5-9-16(15(14)2)22-20(25)13-24-12-6-10-18(24)21-23-17-8-3-4-11-19(17)26-21/h3-5,7-9,11,18H,6,10,12-13H2,1-2H3,(H,22,25)/p+1/t18-/m0/s1. The van der Waals surface area contributed by atoms with Gasteiger partial charge in [-0.25, -0.2) is 4.98 Å². The van der Waals surface area contributed by atoms with Crippen LogP contribution in [0.1, 0.15) is 35.0 Å². The van der Waals surface area contributed by atoms with Gasteiger partial charge in [-0.3, -0.25) is 4.79 Å². The Morgan fingerprint density at radius 3 is 2.92 bits per heavy atom. The number of para-hydroxylation sites is 1. The van der Waals surface area contributed by atoms with Gasteiger partial charge in [0.1, 0.15) is 6.04 Å². The van der Waals surface area contributed by atoms with Crippen molar-refractivity contribution < 1.29 is 9.69 Å². The number of nitrogens with one attached hydrogen (secondary N) is 2. The molecule has 4 rings (SSSR count). The van der Waals surface area contributed by atoms with Crippen molar-refractivity contribution in [3.05, 3.63) is 58.6 Å².